The molecule has 2 aromatic rings. The Morgan fingerprint density at radius 1 is 1.31 bits per heavy atom. The van der Waals surface area contributed by atoms with Crippen LogP contribution in [0, 0.1) is 0 Å². The number of hydrogen-bond donors (Lipinski definition) is 1. The van der Waals surface area contributed by atoms with Crippen LogP contribution in [0.2, 0.25) is 0 Å². The van der Waals surface area contributed by atoms with Gasteiger partial charge in [0, 0.05) is 17.1 Å². The summed E-state index contributed by atoms with van der Waals surface area (Å²) >= 11 is 0. The minimum absolute atomic E-state index is 0.329. The zero-order valence-electron chi connectivity index (χ0n) is 6.78. The van der Waals surface area contributed by atoms with Gasteiger partial charge in [-0.3, -0.25) is 9.59 Å². The maximum absolute atomic E-state index is 11.1. The van der Waals surface area contributed by atoms with E-state index in [-0.39, 0.29) is 0 Å². The monoisotopic (exact) mass is 173 g/mol. The molecule has 0 aliphatic rings. The lowest BCUT2D eigenvalue weighted by Crippen LogP contribution is -1.97. The Hall–Kier alpha value is -1.90. The largest absolute Gasteiger partial charge is 0.360 e. The van der Waals surface area contributed by atoms with E-state index in [4.69, 9.17) is 0 Å². The third-order valence-corrected chi connectivity index (χ3v) is 1.96. The van der Waals surface area contributed by atoms with E-state index >= 15 is 0 Å². The number of para-hydroxylation sites is 1. The molecular weight excluding hydrogens is 166 g/mol. The predicted octanol–water partition coefficient (Wildman–Crippen LogP) is 1.55. The smallest absolute Gasteiger partial charge is 0.227 e. The van der Waals surface area contributed by atoms with E-state index in [9.17, 15) is 9.59 Å². The summed E-state index contributed by atoms with van der Waals surface area (Å²) in [7, 11) is 0. The van der Waals surface area contributed by atoms with Crippen LogP contribution < -0.4 is 0 Å². The minimum Gasteiger partial charge on any atom is -0.360 e. The molecule has 0 unspecified atom stereocenters. The summed E-state index contributed by atoms with van der Waals surface area (Å²) in [5, 5.41) is 0.791. The molecule has 0 aliphatic carbocycles. The first kappa shape index (κ1) is 7.73. The Balaban J connectivity index is 2.71. The Bertz CT molecular complexity index is 470. The van der Waals surface area contributed by atoms with Crippen LogP contribution in [0.5, 0.6) is 0 Å². The molecule has 0 bridgehead atoms. The maximum atomic E-state index is 11.1. The van der Waals surface area contributed by atoms with Gasteiger partial charge in [0.1, 0.15) is 0 Å². The number of ketones is 1. The lowest BCUT2D eigenvalue weighted by Gasteiger charge is -1.89. The molecule has 1 N–H and O–H groups in total. The number of hydrogen-bond acceptors (Lipinski definition) is 2. The zero-order valence-corrected chi connectivity index (χ0v) is 6.78. The zero-order chi connectivity index (χ0) is 9.26. The molecule has 0 saturated carbocycles. The summed E-state index contributed by atoms with van der Waals surface area (Å²) in [5.74, 6) is -0.488. The summed E-state index contributed by atoms with van der Waals surface area (Å²) in [6.45, 7) is 0. The molecule has 0 fully saturated rings. The van der Waals surface area contributed by atoms with Crippen molar-refractivity contribution in [2.45, 2.75) is 0 Å². The van der Waals surface area contributed by atoms with Crippen molar-refractivity contribution in [2.75, 3.05) is 0 Å². The lowest BCUT2D eigenvalue weighted by atomic mass is 10.1. The minimum atomic E-state index is -0.488. The van der Waals surface area contributed by atoms with E-state index in [1.165, 1.54) is 0 Å². The van der Waals surface area contributed by atoms with Crippen LogP contribution >= 0.6 is 0 Å². The van der Waals surface area contributed by atoms with Crippen LogP contribution in [0.3, 0.4) is 0 Å². The van der Waals surface area contributed by atoms with Crippen LogP contribution in [0.15, 0.2) is 30.5 Å². The van der Waals surface area contributed by atoms with E-state index in [1.54, 1.807) is 6.20 Å². The van der Waals surface area contributed by atoms with Crippen LogP contribution in [0.1, 0.15) is 10.4 Å². The lowest BCUT2D eigenvalue weighted by molar-refractivity contribution is -0.104. The first-order chi connectivity index (χ1) is 6.33. The standard InChI is InChI=1S/C10H7NO2/c12-6-10(13)8-5-11-9-4-2-1-3-7(8)9/h1-6,11H. The van der Waals surface area contributed by atoms with Crippen molar-refractivity contribution in [1.29, 1.82) is 0 Å². The summed E-state index contributed by atoms with van der Waals surface area (Å²) in [5.41, 5.74) is 1.30. The van der Waals surface area contributed by atoms with Gasteiger partial charge in [-0.15, -0.1) is 0 Å². The van der Waals surface area contributed by atoms with Gasteiger partial charge in [0.2, 0.25) is 5.78 Å². The van der Waals surface area contributed by atoms with Gasteiger partial charge in [-0.2, -0.15) is 0 Å². The van der Waals surface area contributed by atoms with Crippen molar-refractivity contribution in [3.8, 4) is 0 Å². The molecule has 3 nitrogen and oxygen atoms in total. The number of carbonyl (C=O) groups excluding carboxylic acids is 2. The summed E-state index contributed by atoms with van der Waals surface area (Å²) in [6.07, 6.45) is 1.89. The van der Waals surface area contributed by atoms with Crippen molar-refractivity contribution in [1.82, 2.24) is 4.98 Å². The van der Waals surface area contributed by atoms with Crippen molar-refractivity contribution in [2.24, 2.45) is 0 Å². The van der Waals surface area contributed by atoms with Crippen molar-refractivity contribution in [3.05, 3.63) is 36.0 Å². The average Bonchev–Trinajstić information content (AvgIpc) is 2.60. The third-order valence-electron chi connectivity index (χ3n) is 1.96. The van der Waals surface area contributed by atoms with Gasteiger partial charge in [0.15, 0.2) is 6.29 Å². The third kappa shape index (κ3) is 1.14. The highest BCUT2D eigenvalue weighted by atomic mass is 16.2. The number of rotatable bonds is 2. The summed E-state index contributed by atoms with van der Waals surface area (Å²) in [4.78, 5) is 24.3. The fraction of sp³-hybridized carbons (Fsp3) is 0. The molecule has 64 valence electrons. The van der Waals surface area contributed by atoms with Gasteiger partial charge in [0.05, 0.1) is 5.56 Å². The van der Waals surface area contributed by atoms with Gasteiger partial charge in [-0.1, -0.05) is 18.2 Å². The highest BCUT2D eigenvalue weighted by molar-refractivity contribution is 6.36. The normalized spacial score (nSPS) is 10.2. The van der Waals surface area contributed by atoms with Crippen molar-refractivity contribution < 1.29 is 9.59 Å². The van der Waals surface area contributed by atoms with Gasteiger partial charge in [-0.25, -0.2) is 0 Å². The number of carbonyl (C=O) groups is 2. The van der Waals surface area contributed by atoms with Crippen LogP contribution in [0.4, 0.5) is 0 Å². The number of fused-ring (bicyclic) bond motifs is 1. The van der Waals surface area contributed by atoms with Crippen LogP contribution in [-0.2, 0) is 4.79 Å². The molecule has 1 heterocycles. The summed E-state index contributed by atoms with van der Waals surface area (Å²) in [6, 6.07) is 7.37. The quantitative estimate of drug-likeness (QED) is 0.425. The molecule has 13 heavy (non-hydrogen) atoms. The van der Waals surface area contributed by atoms with E-state index in [2.05, 4.69) is 4.98 Å². The molecule has 0 amide bonds. The van der Waals surface area contributed by atoms with Crippen molar-refractivity contribution in [3.63, 3.8) is 0 Å². The molecular formula is C10H7NO2. The van der Waals surface area contributed by atoms with Crippen LogP contribution in [0.25, 0.3) is 10.9 Å². The first-order valence-electron chi connectivity index (χ1n) is 3.88. The Morgan fingerprint density at radius 2 is 2.08 bits per heavy atom. The number of benzene rings is 1. The first-order valence-corrected chi connectivity index (χ1v) is 3.88. The fourth-order valence-electron chi connectivity index (χ4n) is 1.34. The molecule has 0 aliphatic heterocycles. The Morgan fingerprint density at radius 3 is 2.85 bits per heavy atom. The van der Waals surface area contributed by atoms with Crippen molar-refractivity contribution >= 4 is 23.0 Å². The number of aromatic amines is 1. The molecule has 0 spiro atoms. The number of H-pyrrole nitrogens is 1. The average molecular weight is 173 g/mol. The van der Waals surface area contributed by atoms with Gasteiger partial charge in [0.25, 0.3) is 0 Å². The van der Waals surface area contributed by atoms with E-state index in [0.717, 1.165) is 10.9 Å². The molecule has 1 aromatic heterocycles. The SMILES string of the molecule is O=CC(=O)c1c[nH]c2ccccc12. The molecule has 1 aromatic carbocycles. The van der Waals surface area contributed by atoms with Crippen LogP contribution in [-0.4, -0.2) is 17.1 Å². The number of aldehydes is 1. The fourth-order valence-corrected chi connectivity index (χ4v) is 1.34. The van der Waals surface area contributed by atoms with Gasteiger partial charge < -0.3 is 4.98 Å². The highest BCUT2D eigenvalue weighted by Gasteiger charge is 2.09. The second-order valence-electron chi connectivity index (χ2n) is 2.73. The Kier molecular flexibility index (Phi) is 1.70. The molecule has 3 heteroatoms. The van der Waals surface area contributed by atoms with E-state index < -0.39 is 5.78 Å². The number of nitrogens with one attached hydrogen (secondary N) is 1. The second-order valence-corrected chi connectivity index (χ2v) is 2.73. The molecule has 2 rings (SSSR count). The van der Waals surface area contributed by atoms with E-state index in [0.29, 0.717) is 11.8 Å². The second kappa shape index (κ2) is 2.86. The molecule has 0 radical (unpaired) electrons. The summed E-state index contributed by atoms with van der Waals surface area (Å²) < 4.78 is 0. The van der Waals surface area contributed by atoms with Gasteiger partial charge >= 0.3 is 0 Å². The number of aromatic nitrogens is 1. The highest BCUT2D eigenvalue weighted by Crippen LogP contribution is 2.17. The predicted molar refractivity (Wildman–Crippen MR) is 48.7 cm³/mol. The molecule has 0 atom stereocenters. The molecule has 0 saturated heterocycles. The Labute approximate surface area is 74.4 Å². The van der Waals surface area contributed by atoms with E-state index in [1.807, 2.05) is 24.3 Å². The number of Topliss-reactive ketones (excluding diaryl/α,β-unsaturated/α-hetero) is 1. The maximum Gasteiger partial charge on any atom is 0.227 e. The van der Waals surface area contributed by atoms with Gasteiger partial charge in [-0.05, 0) is 6.07 Å². The topological polar surface area (TPSA) is 49.9 Å².